The fraction of sp³-hybridized carbons (Fsp3) is 0.647. The number of carbonyl (C=O) groups is 2. The van der Waals surface area contributed by atoms with Gasteiger partial charge in [-0.25, -0.2) is 4.57 Å². The van der Waals surface area contributed by atoms with Crippen molar-refractivity contribution in [2.24, 2.45) is 5.73 Å². The van der Waals surface area contributed by atoms with Gasteiger partial charge in [0.15, 0.2) is 6.10 Å². The minimum atomic E-state index is -4.39. The summed E-state index contributed by atoms with van der Waals surface area (Å²) in [6.07, 6.45) is 60.2. The molecule has 0 aliphatic heterocycles. The quantitative estimate of drug-likeness (QED) is 0.0266. The smallest absolute Gasteiger partial charge is 0.462 e. The molecular weight excluding hydrogens is 786 g/mol. The number of hydrogen-bond donors (Lipinski definition) is 2. The monoisotopic (exact) mass is 872 g/mol. The van der Waals surface area contributed by atoms with Crippen molar-refractivity contribution in [1.29, 1.82) is 0 Å². The van der Waals surface area contributed by atoms with Gasteiger partial charge >= 0.3 is 19.8 Å². The van der Waals surface area contributed by atoms with Crippen molar-refractivity contribution in [3.05, 3.63) is 97.2 Å². The van der Waals surface area contributed by atoms with Crippen molar-refractivity contribution in [1.82, 2.24) is 0 Å². The maximum atomic E-state index is 12.6. The van der Waals surface area contributed by atoms with E-state index in [1.54, 1.807) is 0 Å². The lowest BCUT2D eigenvalue weighted by Crippen LogP contribution is -2.29. The zero-order valence-corrected chi connectivity index (χ0v) is 39.3. The lowest BCUT2D eigenvalue weighted by molar-refractivity contribution is -0.161. The summed E-state index contributed by atoms with van der Waals surface area (Å²) in [6.45, 7) is 3.45. The number of nitrogens with two attached hydrogens (primary N) is 1. The molecule has 2 atom stereocenters. The maximum Gasteiger partial charge on any atom is 0.472 e. The molecule has 10 heteroatoms. The molecule has 3 N–H and O–H groups in total. The van der Waals surface area contributed by atoms with Crippen LogP contribution in [0.5, 0.6) is 0 Å². The number of carbonyl (C=O) groups excluding carboxylic acids is 2. The van der Waals surface area contributed by atoms with Crippen LogP contribution in [-0.2, 0) is 32.7 Å². The summed E-state index contributed by atoms with van der Waals surface area (Å²) in [5.41, 5.74) is 5.35. The standard InChI is InChI=1S/C51H86NO8P/c1-3-5-7-9-11-13-15-17-18-19-20-21-22-23-24-25-26-27-28-29-30-32-34-36-38-40-42-44-51(54)60-49(48-59-61(55,56)58-46-45-52)47-57-50(53)43-41-39-37-35-33-31-16-14-12-10-8-6-4-2/h5-8,11-14,17-18,20-21,23-24,31,33,49H,3-4,9-10,15-16,19,22,25-30,32,34-48,52H2,1-2H3,(H,55,56)/b7-5-,8-6-,13-11-,14-12-,18-17-,21-20-,24-23-,33-31-. The van der Waals surface area contributed by atoms with E-state index in [2.05, 4.69) is 111 Å². The summed E-state index contributed by atoms with van der Waals surface area (Å²) in [6, 6.07) is 0. The predicted molar refractivity (Wildman–Crippen MR) is 256 cm³/mol. The second kappa shape index (κ2) is 46.4. The summed E-state index contributed by atoms with van der Waals surface area (Å²) in [5, 5.41) is 0. The molecule has 9 nitrogen and oxygen atoms in total. The Morgan fingerprint density at radius 2 is 0.852 bits per heavy atom. The zero-order chi connectivity index (χ0) is 44.6. The van der Waals surface area contributed by atoms with Gasteiger partial charge in [-0.15, -0.1) is 0 Å². The Bertz CT molecular complexity index is 1320. The van der Waals surface area contributed by atoms with Crippen LogP contribution in [0.4, 0.5) is 0 Å². The van der Waals surface area contributed by atoms with Gasteiger partial charge in [-0.2, -0.15) is 0 Å². The molecule has 0 aliphatic carbocycles. The molecule has 61 heavy (non-hydrogen) atoms. The van der Waals surface area contributed by atoms with Crippen molar-refractivity contribution in [2.45, 2.75) is 187 Å². The molecule has 0 rings (SSSR count). The molecule has 348 valence electrons. The van der Waals surface area contributed by atoms with E-state index in [-0.39, 0.29) is 32.6 Å². The van der Waals surface area contributed by atoms with Gasteiger partial charge in [0.1, 0.15) is 6.61 Å². The Balaban J connectivity index is 4.07. The van der Waals surface area contributed by atoms with E-state index >= 15 is 0 Å². The Morgan fingerprint density at radius 1 is 0.492 bits per heavy atom. The highest BCUT2D eigenvalue weighted by Gasteiger charge is 2.26. The third-order valence-electron chi connectivity index (χ3n) is 9.47. The predicted octanol–water partition coefficient (Wildman–Crippen LogP) is 14.2. The maximum absolute atomic E-state index is 12.6. The van der Waals surface area contributed by atoms with Crippen LogP contribution in [0.25, 0.3) is 0 Å². The first-order valence-electron chi connectivity index (χ1n) is 23.7. The van der Waals surface area contributed by atoms with E-state index in [9.17, 15) is 19.0 Å². The Labute approximate surface area is 372 Å². The van der Waals surface area contributed by atoms with Crippen molar-refractivity contribution in [3.63, 3.8) is 0 Å². The zero-order valence-electron chi connectivity index (χ0n) is 38.4. The van der Waals surface area contributed by atoms with Gasteiger partial charge in [-0.05, 0) is 89.9 Å². The van der Waals surface area contributed by atoms with Crippen LogP contribution in [-0.4, -0.2) is 49.3 Å². The molecule has 2 unspecified atom stereocenters. The van der Waals surface area contributed by atoms with Crippen molar-refractivity contribution in [3.8, 4) is 0 Å². The summed E-state index contributed by atoms with van der Waals surface area (Å²) in [7, 11) is -4.39. The number of allylic oxidation sites excluding steroid dienone is 16. The highest BCUT2D eigenvalue weighted by molar-refractivity contribution is 7.47. The van der Waals surface area contributed by atoms with Crippen LogP contribution in [0.1, 0.15) is 181 Å². The number of phosphoric acid groups is 1. The fourth-order valence-corrected chi connectivity index (χ4v) is 6.79. The molecule has 0 saturated heterocycles. The molecule has 0 spiro atoms. The number of unbranched alkanes of at least 4 members (excludes halogenated alkanes) is 14. The summed E-state index contributed by atoms with van der Waals surface area (Å²) < 4.78 is 32.8. The molecule has 0 amide bonds. The van der Waals surface area contributed by atoms with Crippen LogP contribution in [0.15, 0.2) is 97.2 Å². The Hall–Kier alpha value is -3.07. The molecule has 0 radical (unpaired) electrons. The van der Waals surface area contributed by atoms with E-state index < -0.39 is 32.5 Å². The molecule has 0 aromatic heterocycles. The van der Waals surface area contributed by atoms with Crippen LogP contribution >= 0.6 is 7.82 Å². The molecular formula is C51H86NO8P. The summed E-state index contributed by atoms with van der Waals surface area (Å²) in [5.74, 6) is -0.874. The minimum absolute atomic E-state index is 0.0439. The minimum Gasteiger partial charge on any atom is -0.462 e. The Kier molecular flexibility index (Phi) is 44.1. The third kappa shape index (κ3) is 46.3. The highest BCUT2D eigenvalue weighted by atomic mass is 31.2. The fourth-order valence-electron chi connectivity index (χ4n) is 6.03. The molecule has 0 bridgehead atoms. The van der Waals surface area contributed by atoms with Gasteiger partial charge in [-0.1, -0.05) is 175 Å². The largest absolute Gasteiger partial charge is 0.472 e. The van der Waals surface area contributed by atoms with Crippen molar-refractivity contribution >= 4 is 19.8 Å². The molecule has 0 aromatic rings. The number of hydrogen-bond acceptors (Lipinski definition) is 8. The van der Waals surface area contributed by atoms with Crippen LogP contribution in [0.3, 0.4) is 0 Å². The van der Waals surface area contributed by atoms with E-state index in [1.807, 2.05) is 0 Å². The van der Waals surface area contributed by atoms with Crippen LogP contribution in [0, 0.1) is 0 Å². The normalized spacial score (nSPS) is 14.1. The first-order chi connectivity index (χ1) is 29.8. The molecule has 0 aromatic carbocycles. The van der Waals surface area contributed by atoms with Gasteiger partial charge in [-0.3, -0.25) is 18.6 Å². The topological polar surface area (TPSA) is 134 Å². The van der Waals surface area contributed by atoms with Gasteiger partial charge < -0.3 is 20.1 Å². The summed E-state index contributed by atoms with van der Waals surface area (Å²) in [4.78, 5) is 34.9. The van der Waals surface area contributed by atoms with E-state index in [0.717, 1.165) is 96.3 Å². The lowest BCUT2D eigenvalue weighted by atomic mass is 10.0. The molecule has 0 heterocycles. The number of esters is 2. The van der Waals surface area contributed by atoms with Crippen molar-refractivity contribution in [2.75, 3.05) is 26.4 Å². The van der Waals surface area contributed by atoms with Crippen LogP contribution < -0.4 is 5.73 Å². The van der Waals surface area contributed by atoms with Gasteiger partial charge in [0.2, 0.25) is 0 Å². The average molecular weight is 872 g/mol. The SMILES string of the molecule is CC/C=C\C/C=C\C/C=C\C/C=C\C/C=C\CCCCCCCCCCCCCC(=O)OC(COC(=O)CCCCC/C=C\C/C=C\C/C=C\CC)COP(=O)(O)OCCN. The number of phosphoric ester groups is 1. The second-order valence-corrected chi connectivity index (χ2v) is 16.7. The summed E-state index contributed by atoms with van der Waals surface area (Å²) >= 11 is 0. The first kappa shape index (κ1) is 57.9. The Morgan fingerprint density at radius 3 is 1.28 bits per heavy atom. The molecule has 0 fully saturated rings. The lowest BCUT2D eigenvalue weighted by Gasteiger charge is -2.19. The van der Waals surface area contributed by atoms with Gasteiger partial charge in [0, 0.05) is 19.4 Å². The number of rotatable bonds is 43. The highest BCUT2D eigenvalue weighted by Crippen LogP contribution is 2.43. The van der Waals surface area contributed by atoms with E-state index in [1.165, 1.54) is 44.9 Å². The second-order valence-electron chi connectivity index (χ2n) is 15.2. The van der Waals surface area contributed by atoms with Gasteiger partial charge in [0.25, 0.3) is 0 Å². The molecule has 0 aliphatic rings. The van der Waals surface area contributed by atoms with Crippen LogP contribution in [0.2, 0.25) is 0 Å². The third-order valence-corrected chi connectivity index (χ3v) is 10.4. The first-order valence-corrected chi connectivity index (χ1v) is 25.2. The average Bonchev–Trinajstić information content (AvgIpc) is 3.25. The van der Waals surface area contributed by atoms with Gasteiger partial charge in [0.05, 0.1) is 13.2 Å². The number of ether oxygens (including phenoxy) is 2. The van der Waals surface area contributed by atoms with E-state index in [4.69, 9.17) is 24.3 Å². The van der Waals surface area contributed by atoms with E-state index in [0.29, 0.717) is 12.8 Å². The van der Waals surface area contributed by atoms with Crippen molar-refractivity contribution < 1.29 is 37.6 Å². The molecule has 0 saturated carbocycles.